The van der Waals surface area contributed by atoms with Gasteiger partial charge in [-0.1, -0.05) is 42.0 Å². The molecule has 3 rings (SSSR count). The minimum Gasteiger partial charge on any atom is -0.395 e. The number of hydrogen-bond acceptors (Lipinski definition) is 4. The molecule has 0 bridgehead atoms. The molecule has 23 heavy (non-hydrogen) atoms. The van der Waals surface area contributed by atoms with E-state index in [1.165, 1.54) is 5.56 Å². The summed E-state index contributed by atoms with van der Waals surface area (Å²) in [5.41, 5.74) is 10.9. The van der Waals surface area contributed by atoms with Gasteiger partial charge in [0.05, 0.1) is 17.1 Å². The summed E-state index contributed by atoms with van der Waals surface area (Å²) in [5.74, 6) is 0. The molecule has 0 saturated heterocycles. The predicted octanol–water partition coefficient (Wildman–Crippen LogP) is 5.29. The Hall–Kier alpha value is -2.46. The van der Waals surface area contributed by atoms with Crippen molar-refractivity contribution in [3.8, 4) is 0 Å². The summed E-state index contributed by atoms with van der Waals surface area (Å²) in [7, 11) is 0. The highest BCUT2D eigenvalue weighted by molar-refractivity contribution is 8.00. The first-order valence-electron chi connectivity index (χ1n) is 7.51. The van der Waals surface area contributed by atoms with Gasteiger partial charge in [0, 0.05) is 17.0 Å². The van der Waals surface area contributed by atoms with Gasteiger partial charge in [-0.05, 0) is 49.2 Å². The second-order valence-corrected chi connectivity index (χ2v) is 6.23. The first-order valence-corrected chi connectivity index (χ1v) is 8.33. The lowest BCUT2D eigenvalue weighted by atomic mass is 10.1. The van der Waals surface area contributed by atoms with Gasteiger partial charge >= 0.3 is 0 Å². The molecule has 3 N–H and O–H groups in total. The van der Waals surface area contributed by atoms with Crippen molar-refractivity contribution >= 4 is 34.7 Å². The van der Waals surface area contributed by atoms with E-state index in [4.69, 9.17) is 5.73 Å². The Bertz CT molecular complexity index is 774. The van der Waals surface area contributed by atoms with Gasteiger partial charge in [0.25, 0.3) is 0 Å². The van der Waals surface area contributed by atoms with Crippen LogP contribution >= 0.6 is 11.9 Å². The number of anilines is 2. The van der Waals surface area contributed by atoms with Crippen LogP contribution in [0.1, 0.15) is 12.0 Å². The Kier molecular flexibility index (Phi) is 4.83. The van der Waals surface area contributed by atoms with Crippen molar-refractivity contribution in [2.24, 2.45) is 4.99 Å². The number of benzene rings is 2. The van der Waals surface area contributed by atoms with Gasteiger partial charge in [-0.15, -0.1) is 0 Å². The van der Waals surface area contributed by atoms with Crippen LogP contribution in [0.5, 0.6) is 0 Å². The second-order valence-electron chi connectivity index (χ2n) is 5.35. The van der Waals surface area contributed by atoms with Crippen LogP contribution in [0.2, 0.25) is 0 Å². The highest BCUT2D eigenvalue weighted by Gasteiger charge is 2.06. The molecule has 0 heterocycles. The maximum Gasteiger partial charge on any atom is 0.0883 e. The topological polar surface area (TPSA) is 50.4 Å². The number of nitrogen functional groups attached to an aromatic ring is 1. The second kappa shape index (κ2) is 7.20. The molecule has 0 fully saturated rings. The quantitative estimate of drug-likeness (QED) is 0.594. The Morgan fingerprint density at radius 1 is 1.09 bits per heavy atom. The SMILES string of the molecule is Cc1ccc(SNc2cccc(N=C3C=CC=CC3)c2N)cc1. The number of nitrogens with zero attached hydrogens (tertiary/aromatic N) is 1. The molecule has 0 unspecified atom stereocenters. The van der Waals surface area contributed by atoms with Crippen molar-refractivity contribution in [3.63, 3.8) is 0 Å². The summed E-state index contributed by atoms with van der Waals surface area (Å²) in [4.78, 5) is 5.79. The van der Waals surface area contributed by atoms with E-state index in [1.54, 1.807) is 11.9 Å². The normalized spacial score (nSPS) is 15.1. The van der Waals surface area contributed by atoms with E-state index >= 15 is 0 Å². The summed E-state index contributed by atoms with van der Waals surface area (Å²) in [6, 6.07) is 14.2. The third kappa shape index (κ3) is 4.05. The van der Waals surface area contributed by atoms with E-state index in [2.05, 4.69) is 47.0 Å². The maximum absolute atomic E-state index is 6.26. The third-order valence-corrected chi connectivity index (χ3v) is 4.34. The fourth-order valence-corrected chi connectivity index (χ4v) is 2.88. The molecule has 0 amide bonds. The van der Waals surface area contributed by atoms with Gasteiger partial charge in [0.2, 0.25) is 0 Å². The smallest absolute Gasteiger partial charge is 0.0883 e. The molecule has 0 spiro atoms. The van der Waals surface area contributed by atoms with Crippen molar-refractivity contribution in [3.05, 3.63) is 72.3 Å². The van der Waals surface area contributed by atoms with E-state index in [1.807, 2.05) is 36.4 Å². The molecule has 2 aromatic rings. The predicted molar refractivity (Wildman–Crippen MR) is 102 cm³/mol. The van der Waals surface area contributed by atoms with Crippen molar-refractivity contribution in [1.82, 2.24) is 0 Å². The van der Waals surface area contributed by atoms with Crippen LogP contribution in [-0.2, 0) is 0 Å². The van der Waals surface area contributed by atoms with Gasteiger partial charge < -0.3 is 10.5 Å². The van der Waals surface area contributed by atoms with Crippen molar-refractivity contribution in [1.29, 1.82) is 0 Å². The van der Waals surface area contributed by atoms with Gasteiger partial charge in [-0.3, -0.25) is 4.99 Å². The first-order chi connectivity index (χ1) is 11.2. The summed E-state index contributed by atoms with van der Waals surface area (Å²) in [5, 5.41) is 0. The minimum atomic E-state index is 0.669. The zero-order valence-corrected chi connectivity index (χ0v) is 13.8. The number of allylic oxidation sites excluding steroid dienone is 4. The molecule has 1 aliphatic carbocycles. The summed E-state index contributed by atoms with van der Waals surface area (Å²) < 4.78 is 3.32. The van der Waals surface area contributed by atoms with E-state index in [0.29, 0.717) is 5.69 Å². The Morgan fingerprint density at radius 2 is 1.91 bits per heavy atom. The molecule has 0 radical (unpaired) electrons. The first kappa shape index (κ1) is 15.4. The van der Waals surface area contributed by atoms with Crippen LogP contribution in [-0.4, -0.2) is 5.71 Å². The third-order valence-electron chi connectivity index (χ3n) is 3.51. The van der Waals surface area contributed by atoms with Crippen molar-refractivity contribution in [2.45, 2.75) is 18.2 Å². The van der Waals surface area contributed by atoms with E-state index in [9.17, 15) is 0 Å². The zero-order valence-electron chi connectivity index (χ0n) is 13.0. The Balaban J connectivity index is 1.75. The summed E-state index contributed by atoms with van der Waals surface area (Å²) in [6.45, 7) is 2.08. The molecular formula is C19H19N3S. The standard InChI is InChI=1S/C19H19N3S/c1-14-10-12-16(13-11-14)23-22-18-9-5-8-17(19(18)20)21-15-6-3-2-4-7-15/h2-6,8-13,22H,7,20H2,1H3. The fraction of sp³-hybridized carbons (Fsp3) is 0.105. The number of nitrogens with two attached hydrogens (primary N) is 1. The van der Waals surface area contributed by atoms with E-state index < -0.39 is 0 Å². The number of para-hydroxylation sites is 1. The number of rotatable bonds is 4. The molecule has 0 aromatic heterocycles. The van der Waals surface area contributed by atoms with E-state index in [0.717, 1.165) is 28.4 Å². The van der Waals surface area contributed by atoms with Gasteiger partial charge in [-0.25, -0.2) is 0 Å². The fourth-order valence-electron chi connectivity index (χ4n) is 2.20. The molecular weight excluding hydrogens is 302 g/mol. The molecule has 2 aromatic carbocycles. The lowest BCUT2D eigenvalue weighted by molar-refractivity contribution is 1.38. The molecule has 4 heteroatoms. The average molecular weight is 321 g/mol. The summed E-state index contributed by atoms with van der Waals surface area (Å²) in [6.07, 6.45) is 8.96. The molecule has 116 valence electrons. The number of nitrogens with one attached hydrogen (secondary N) is 1. The van der Waals surface area contributed by atoms with Crippen LogP contribution in [0.25, 0.3) is 0 Å². The lowest BCUT2D eigenvalue weighted by Gasteiger charge is -2.11. The highest BCUT2D eigenvalue weighted by Crippen LogP contribution is 2.33. The van der Waals surface area contributed by atoms with Crippen LogP contribution < -0.4 is 10.5 Å². The zero-order chi connectivity index (χ0) is 16.1. The number of aryl methyl sites for hydroxylation is 1. The summed E-state index contributed by atoms with van der Waals surface area (Å²) >= 11 is 1.55. The maximum atomic E-state index is 6.26. The van der Waals surface area contributed by atoms with Crippen LogP contribution in [0, 0.1) is 6.92 Å². The average Bonchev–Trinajstić information content (AvgIpc) is 2.58. The van der Waals surface area contributed by atoms with E-state index in [-0.39, 0.29) is 0 Å². The number of hydrogen-bond donors (Lipinski definition) is 2. The molecule has 0 aliphatic heterocycles. The van der Waals surface area contributed by atoms with Crippen LogP contribution in [0.3, 0.4) is 0 Å². The Morgan fingerprint density at radius 3 is 2.65 bits per heavy atom. The highest BCUT2D eigenvalue weighted by atomic mass is 32.2. The van der Waals surface area contributed by atoms with Crippen LogP contribution in [0.15, 0.2) is 76.7 Å². The van der Waals surface area contributed by atoms with Gasteiger partial charge in [-0.2, -0.15) is 0 Å². The van der Waals surface area contributed by atoms with Gasteiger partial charge in [0.15, 0.2) is 0 Å². The van der Waals surface area contributed by atoms with Crippen LogP contribution in [0.4, 0.5) is 17.1 Å². The minimum absolute atomic E-state index is 0.669. The largest absolute Gasteiger partial charge is 0.395 e. The van der Waals surface area contributed by atoms with Gasteiger partial charge in [0.1, 0.15) is 0 Å². The lowest BCUT2D eigenvalue weighted by Crippen LogP contribution is -1.97. The van der Waals surface area contributed by atoms with Crippen molar-refractivity contribution in [2.75, 3.05) is 10.5 Å². The number of aliphatic imine (C=N–C) groups is 1. The molecule has 0 saturated carbocycles. The monoisotopic (exact) mass is 321 g/mol. The molecule has 0 atom stereocenters. The molecule has 1 aliphatic rings. The molecule has 3 nitrogen and oxygen atoms in total. The van der Waals surface area contributed by atoms with Crippen molar-refractivity contribution < 1.29 is 0 Å². The Labute approximate surface area is 141 Å².